The van der Waals surface area contributed by atoms with Crippen molar-refractivity contribution in [1.82, 2.24) is 4.90 Å². The summed E-state index contributed by atoms with van der Waals surface area (Å²) in [5.74, 6) is 0.160. The fraction of sp³-hybridized carbons (Fsp3) is 0.125. The summed E-state index contributed by atoms with van der Waals surface area (Å²) in [6.45, 7) is 4.12. The van der Waals surface area contributed by atoms with Crippen LogP contribution in [0.15, 0.2) is 155 Å². The number of oxime groups is 2. The molecule has 1 fully saturated rings. The van der Waals surface area contributed by atoms with Gasteiger partial charge < -0.3 is 9.68 Å². The Kier molecular flexibility index (Phi) is 6.46. The highest BCUT2D eigenvalue weighted by molar-refractivity contribution is 6.23. The molecule has 6 heteroatoms. The zero-order chi connectivity index (χ0) is 31.3. The molecule has 0 amide bonds. The van der Waals surface area contributed by atoms with E-state index in [-0.39, 0.29) is 0 Å². The number of amidine groups is 1. The summed E-state index contributed by atoms with van der Waals surface area (Å²) in [7, 11) is 0. The number of fused-ring (bicyclic) bond motifs is 1. The van der Waals surface area contributed by atoms with E-state index in [4.69, 9.17) is 14.8 Å². The summed E-state index contributed by atoms with van der Waals surface area (Å²) in [5.41, 5.74) is 5.01. The fourth-order valence-electron chi connectivity index (χ4n) is 7.29. The molecule has 0 aromatic heterocycles. The molecule has 0 radical (unpaired) electrons. The molecule has 5 aromatic carbocycles. The summed E-state index contributed by atoms with van der Waals surface area (Å²) in [5, 5.41) is 9.42. The zero-order valence-electron chi connectivity index (χ0n) is 25.5. The number of aryl methyl sites for hydroxylation is 2. The van der Waals surface area contributed by atoms with Crippen molar-refractivity contribution in [3.8, 4) is 0 Å². The van der Waals surface area contributed by atoms with Crippen LogP contribution in [0.2, 0.25) is 0 Å². The summed E-state index contributed by atoms with van der Waals surface area (Å²) in [6.07, 6.45) is 2.08. The molecule has 3 atom stereocenters. The minimum absolute atomic E-state index is 0.461. The Morgan fingerprint density at radius 2 is 1.33 bits per heavy atom. The van der Waals surface area contributed by atoms with Gasteiger partial charge in [0.2, 0.25) is 0 Å². The normalized spacial score (nSPS) is 24.0. The maximum atomic E-state index is 14.9. The first-order valence-corrected chi connectivity index (χ1v) is 15.4. The predicted octanol–water partition coefficient (Wildman–Crippen LogP) is 7.94. The van der Waals surface area contributed by atoms with Crippen LogP contribution in [-0.4, -0.2) is 22.4 Å². The number of benzene rings is 5. The van der Waals surface area contributed by atoms with Crippen LogP contribution in [-0.2, 0) is 20.2 Å². The minimum Gasteiger partial charge on any atom is -0.355 e. The third-order valence-electron chi connectivity index (χ3n) is 9.16. The van der Waals surface area contributed by atoms with E-state index in [0.717, 1.165) is 38.9 Å². The Morgan fingerprint density at radius 1 is 0.696 bits per heavy atom. The predicted molar refractivity (Wildman–Crippen MR) is 179 cm³/mol. The van der Waals surface area contributed by atoms with Crippen molar-refractivity contribution in [1.29, 1.82) is 0 Å². The van der Waals surface area contributed by atoms with Gasteiger partial charge in [0.05, 0.1) is 6.04 Å². The van der Waals surface area contributed by atoms with Crippen molar-refractivity contribution in [3.63, 3.8) is 0 Å². The fourth-order valence-corrected chi connectivity index (χ4v) is 7.29. The molecule has 6 nitrogen and oxygen atoms in total. The van der Waals surface area contributed by atoms with E-state index >= 15 is 0 Å². The van der Waals surface area contributed by atoms with Gasteiger partial charge in [0.15, 0.2) is 11.3 Å². The molecule has 0 saturated carbocycles. The van der Waals surface area contributed by atoms with Gasteiger partial charge in [-0.1, -0.05) is 161 Å². The van der Waals surface area contributed by atoms with E-state index < -0.39 is 23.2 Å². The summed E-state index contributed by atoms with van der Waals surface area (Å²) in [6, 6.07) is 45.7. The molecule has 3 aliphatic rings. The molecular formula is C40H31N3O3. The maximum Gasteiger partial charge on any atom is 0.354 e. The molecule has 3 heterocycles. The molecule has 3 aliphatic heterocycles. The van der Waals surface area contributed by atoms with Gasteiger partial charge in [-0.2, -0.15) is 0 Å². The van der Waals surface area contributed by atoms with Crippen molar-refractivity contribution in [2.75, 3.05) is 0 Å². The minimum atomic E-state index is -1.41. The highest BCUT2D eigenvalue weighted by Crippen LogP contribution is 2.67. The van der Waals surface area contributed by atoms with Gasteiger partial charge in [0.1, 0.15) is 5.71 Å². The summed E-state index contributed by atoms with van der Waals surface area (Å²) < 4.78 is 0. The van der Waals surface area contributed by atoms with E-state index in [0.29, 0.717) is 17.1 Å². The molecule has 0 aliphatic carbocycles. The maximum absolute atomic E-state index is 14.9. The van der Waals surface area contributed by atoms with Crippen LogP contribution in [0.25, 0.3) is 6.08 Å². The molecule has 1 spiro atoms. The van der Waals surface area contributed by atoms with Crippen LogP contribution >= 0.6 is 0 Å². The lowest BCUT2D eigenvalue weighted by molar-refractivity contribution is -0.147. The number of hydrogen-bond donors (Lipinski definition) is 0. The average Bonchev–Trinajstić information content (AvgIpc) is 3.72. The van der Waals surface area contributed by atoms with E-state index in [1.165, 1.54) is 0 Å². The zero-order valence-corrected chi connectivity index (χ0v) is 25.5. The number of nitrogens with zero attached hydrogens (tertiary/aromatic N) is 3. The molecule has 5 aromatic rings. The van der Waals surface area contributed by atoms with Gasteiger partial charge in [0, 0.05) is 22.3 Å². The monoisotopic (exact) mass is 601 g/mol. The van der Waals surface area contributed by atoms with Gasteiger partial charge in [-0.05, 0) is 31.1 Å². The third-order valence-corrected chi connectivity index (χ3v) is 9.16. The quantitative estimate of drug-likeness (QED) is 0.192. The lowest BCUT2D eigenvalue weighted by atomic mass is 9.66. The number of rotatable bonds is 5. The summed E-state index contributed by atoms with van der Waals surface area (Å²) >= 11 is 0. The lowest BCUT2D eigenvalue weighted by Gasteiger charge is -2.35. The van der Waals surface area contributed by atoms with Crippen LogP contribution < -0.4 is 0 Å². The molecular weight excluding hydrogens is 570 g/mol. The number of carbonyl (C=O) groups excluding carboxylic acids is 1. The first-order chi connectivity index (χ1) is 22.5. The largest absolute Gasteiger partial charge is 0.355 e. The van der Waals surface area contributed by atoms with Crippen molar-refractivity contribution in [2.24, 2.45) is 15.7 Å². The second-order valence-electron chi connectivity index (χ2n) is 12.0. The van der Waals surface area contributed by atoms with E-state index in [2.05, 4.69) is 60.3 Å². The smallest absolute Gasteiger partial charge is 0.354 e. The van der Waals surface area contributed by atoms with Gasteiger partial charge >= 0.3 is 5.97 Å². The molecule has 0 N–H and O–H groups in total. The molecule has 224 valence electrons. The SMILES string of the molecule is Cc1cccc(/C=C2\[C@@]3(C(=O)ON=C3c3ccccc3)[C@@H](c3cccc(C)c3)N3C(c4ccccc4)=NO[C@@]23c2ccccc2)c1. The first-order valence-electron chi connectivity index (χ1n) is 15.4. The standard InChI is InChI=1S/C40H31N3O3/c1-27-14-12-16-29(24-27)26-34-39(35(41-45-38(39)44)30-17-6-3-7-18-30)36(32-21-13-15-28(2)25-32)43-37(31-19-8-4-9-20-31)42-46-40(34,43)33-22-10-5-11-23-33/h3-26,36H,1-2H3/b34-26+/t36-,39+,40+/m1/s1. The second kappa shape index (κ2) is 10.7. The first kappa shape index (κ1) is 27.8. The number of carbonyl (C=O) groups is 1. The molecule has 0 unspecified atom stereocenters. The van der Waals surface area contributed by atoms with Gasteiger partial charge in [-0.15, -0.1) is 0 Å². The Balaban J connectivity index is 1.54. The van der Waals surface area contributed by atoms with E-state index in [9.17, 15) is 4.79 Å². The van der Waals surface area contributed by atoms with Crippen molar-refractivity contribution in [2.45, 2.75) is 25.6 Å². The van der Waals surface area contributed by atoms with Crippen LogP contribution in [0.3, 0.4) is 0 Å². The highest BCUT2D eigenvalue weighted by Gasteiger charge is 2.76. The Morgan fingerprint density at radius 3 is 2.00 bits per heavy atom. The Bertz CT molecular complexity index is 2060. The molecule has 8 rings (SSSR count). The second-order valence-corrected chi connectivity index (χ2v) is 12.0. The van der Waals surface area contributed by atoms with E-state index in [1.807, 2.05) is 109 Å². The van der Waals surface area contributed by atoms with E-state index in [1.54, 1.807) is 0 Å². The van der Waals surface area contributed by atoms with Gasteiger partial charge in [-0.3, -0.25) is 4.90 Å². The van der Waals surface area contributed by atoms with Crippen LogP contribution in [0.1, 0.15) is 45.0 Å². The van der Waals surface area contributed by atoms with Crippen LogP contribution in [0.4, 0.5) is 0 Å². The topological polar surface area (TPSA) is 63.5 Å². The van der Waals surface area contributed by atoms with Crippen LogP contribution in [0, 0.1) is 19.3 Å². The average molecular weight is 602 g/mol. The summed E-state index contributed by atoms with van der Waals surface area (Å²) in [4.78, 5) is 29.7. The van der Waals surface area contributed by atoms with Crippen molar-refractivity contribution in [3.05, 3.63) is 184 Å². The highest BCUT2D eigenvalue weighted by atomic mass is 16.7. The lowest BCUT2D eigenvalue weighted by Crippen LogP contribution is -2.45. The molecule has 1 saturated heterocycles. The Labute approximate surface area is 267 Å². The third kappa shape index (κ3) is 4.00. The molecule has 46 heavy (non-hydrogen) atoms. The van der Waals surface area contributed by atoms with Crippen LogP contribution in [0.5, 0.6) is 0 Å². The Hall–Kier alpha value is -5.75. The van der Waals surface area contributed by atoms with Crippen molar-refractivity contribution >= 4 is 23.6 Å². The van der Waals surface area contributed by atoms with Gasteiger partial charge in [0.25, 0.3) is 5.72 Å². The number of hydrogen-bond acceptors (Lipinski definition) is 6. The van der Waals surface area contributed by atoms with Gasteiger partial charge in [-0.25, -0.2) is 4.79 Å². The molecule has 0 bridgehead atoms. The van der Waals surface area contributed by atoms with Crippen molar-refractivity contribution < 1.29 is 14.5 Å².